The first kappa shape index (κ1) is 23.9. The molecule has 1 unspecified atom stereocenters. The molecule has 27 heavy (non-hydrogen) atoms. The van der Waals surface area contributed by atoms with Crippen LogP contribution in [-0.4, -0.2) is 45.7 Å². The van der Waals surface area contributed by atoms with Gasteiger partial charge in [0.1, 0.15) is 0 Å². The maximum atomic E-state index is 13.2. The van der Waals surface area contributed by atoms with Crippen molar-refractivity contribution in [1.29, 1.82) is 0 Å². The van der Waals surface area contributed by atoms with Crippen molar-refractivity contribution in [2.75, 3.05) is 20.1 Å². The van der Waals surface area contributed by atoms with Gasteiger partial charge < -0.3 is 10.2 Å². The quantitative estimate of drug-likeness (QED) is 0.786. The van der Waals surface area contributed by atoms with Gasteiger partial charge in [0.2, 0.25) is 5.91 Å². The Morgan fingerprint density at radius 3 is 2.70 bits per heavy atom. The molecule has 9 heteroatoms. The molecule has 0 radical (unpaired) electrons. The molecule has 3 atom stereocenters. The number of rotatable bonds is 5. The number of hydrogen-bond acceptors (Lipinski definition) is 5. The molecule has 0 saturated carbocycles. The molecule has 0 aliphatic carbocycles. The van der Waals surface area contributed by atoms with Crippen LogP contribution in [0.15, 0.2) is 12.4 Å². The smallest absolute Gasteiger partial charge is 0.227 e. The van der Waals surface area contributed by atoms with E-state index in [0.29, 0.717) is 0 Å². The van der Waals surface area contributed by atoms with Gasteiger partial charge >= 0.3 is 0 Å². The van der Waals surface area contributed by atoms with Crippen molar-refractivity contribution in [2.45, 2.75) is 39.2 Å². The monoisotopic (exact) mass is 433 g/mol. The van der Waals surface area contributed by atoms with Crippen LogP contribution in [0.3, 0.4) is 0 Å². The summed E-state index contributed by atoms with van der Waals surface area (Å²) in [5.41, 5.74) is 2.18. The Hall–Kier alpha value is -1.15. The van der Waals surface area contributed by atoms with E-state index in [4.69, 9.17) is 0 Å². The van der Waals surface area contributed by atoms with E-state index < -0.39 is 0 Å². The largest absolute Gasteiger partial charge is 0.338 e. The van der Waals surface area contributed by atoms with Crippen molar-refractivity contribution >= 4 is 42.1 Å². The molecule has 1 aliphatic heterocycles. The fraction of sp³-hybridized carbons (Fsp3) is 0.611. The van der Waals surface area contributed by atoms with Crippen molar-refractivity contribution in [3.05, 3.63) is 33.5 Å². The van der Waals surface area contributed by atoms with E-state index in [1.165, 1.54) is 4.88 Å². The van der Waals surface area contributed by atoms with Crippen LogP contribution < -0.4 is 5.32 Å². The molecule has 2 aromatic rings. The molecular formula is C18H29Cl2N5OS. The van der Waals surface area contributed by atoms with Gasteiger partial charge in [0.15, 0.2) is 0 Å². The highest BCUT2D eigenvalue weighted by molar-refractivity contribution is 7.11. The summed E-state index contributed by atoms with van der Waals surface area (Å²) in [7, 11) is 3.82. The Bertz CT molecular complexity index is 763. The zero-order valence-corrected chi connectivity index (χ0v) is 18.9. The minimum absolute atomic E-state index is 0. The number of thiazole rings is 1. The van der Waals surface area contributed by atoms with Crippen LogP contribution in [0.5, 0.6) is 0 Å². The number of carbonyl (C=O) groups excluding carboxylic acids is 1. The Morgan fingerprint density at radius 2 is 2.15 bits per heavy atom. The first-order valence-electron chi connectivity index (χ1n) is 8.84. The first-order valence-corrected chi connectivity index (χ1v) is 9.66. The van der Waals surface area contributed by atoms with E-state index in [2.05, 4.69) is 29.2 Å². The third-order valence-electron chi connectivity index (χ3n) is 5.17. The Labute approximate surface area is 177 Å². The van der Waals surface area contributed by atoms with Crippen LogP contribution in [0.1, 0.15) is 46.9 Å². The van der Waals surface area contributed by atoms with Gasteiger partial charge in [-0.3, -0.25) is 9.48 Å². The number of amides is 1. The molecule has 0 bridgehead atoms. The summed E-state index contributed by atoms with van der Waals surface area (Å²) in [5, 5.41) is 8.77. The minimum Gasteiger partial charge on any atom is -0.338 e. The summed E-state index contributed by atoms with van der Waals surface area (Å²) in [6, 6.07) is 0.0421. The fourth-order valence-corrected chi connectivity index (χ4v) is 4.66. The van der Waals surface area contributed by atoms with E-state index in [1.54, 1.807) is 16.0 Å². The molecule has 0 spiro atoms. The molecule has 3 heterocycles. The molecule has 3 rings (SSSR count). The van der Waals surface area contributed by atoms with Crippen LogP contribution in [0, 0.1) is 12.8 Å². The standard InChI is InChI=1S/C18H27N5OS.2ClH/c1-6-16-21-11(2)17(25-16)12(3)23(5)18(24)15-9-19-8-14(15)13-7-20-22(4)10-13;;/h7,10,12,14-15,19H,6,8-9H2,1-5H3;2*1H/t12?,14-,15+;;/m1../s1. The highest BCUT2D eigenvalue weighted by atomic mass is 35.5. The molecule has 1 amide bonds. The van der Waals surface area contributed by atoms with E-state index in [1.807, 2.05) is 38.3 Å². The predicted octanol–water partition coefficient (Wildman–Crippen LogP) is 3.11. The van der Waals surface area contributed by atoms with E-state index in [0.717, 1.165) is 35.8 Å². The van der Waals surface area contributed by atoms with Crippen LogP contribution in [0.4, 0.5) is 0 Å². The molecule has 1 fully saturated rings. The molecule has 1 saturated heterocycles. The molecule has 1 aliphatic rings. The van der Waals surface area contributed by atoms with Crippen LogP contribution in [0.25, 0.3) is 0 Å². The van der Waals surface area contributed by atoms with Crippen molar-refractivity contribution < 1.29 is 4.79 Å². The van der Waals surface area contributed by atoms with Crippen LogP contribution in [-0.2, 0) is 18.3 Å². The van der Waals surface area contributed by atoms with Gasteiger partial charge in [-0.1, -0.05) is 6.92 Å². The third kappa shape index (κ3) is 4.83. The Balaban J connectivity index is 0.00000182. The molecule has 6 nitrogen and oxygen atoms in total. The van der Waals surface area contributed by atoms with Gasteiger partial charge in [-0.2, -0.15) is 5.10 Å². The van der Waals surface area contributed by atoms with Gasteiger partial charge in [0, 0.05) is 44.2 Å². The molecule has 0 aromatic carbocycles. The van der Waals surface area contributed by atoms with E-state index in [-0.39, 0.29) is 48.6 Å². The maximum absolute atomic E-state index is 13.2. The van der Waals surface area contributed by atoms with Crippen molar-refractivity contribution in [3.63, 3.8) is 0 Å². The predicted molar refractivity (Wildman–Crippen MR) is 114 cm³/mol. The number of aryl methyl sites for hydroxylation is 3. The number of halogens is 2. The number of nitrogens with zero attached hydrogens (tertiary/aromatic N) is 4. The number of hydrogen-bond donors (Lipinski definition) is 1. The van der Waals surface area contributed by atoms with Gasteiger partial charge in [0.05, 0.1) is 28.9 Å². The average molecular weight is 434 g/mol. The fourth-order valence-electron chi connectivity index (χ4n) is 3.55. The second-order valence-electron chi connectivity index (χ2n) is 6.85. The van der Waals surface area contributed by atoms with E-state index in [9.17, 15) is 4.79 Å². The minimum atomic E-state index is -0.0458. The van der Waals surface area contributed by atoms with Gasteiger partial charge in [0.25, 0.3) is 0 Å². The first-order chi connectivity index (χ1) is 11.9. The third-order valence-corrected chi connectivity index (χ3v) is 6.64. The lowest BCUT2D eigenvalue weighted by Gasteiger charge is -2.29. The average Bonchev–Trinajstić information content (AvgIpc) is 3.31. The van der Waals surface area contributed by atoms with Crippen LogP contribution >= 0.6 is 36.2 Å². The molecular weight excluding hydrogens is 405 g/mol. The summed E-state index contributed by atoms with van der Waals surface area (Å²) in [6.07, 6.45) is 4.83. The van der Waals surface area contributed by atoms with E-state index >= 15 is 0 Å². The zero-order valence-electron chi connectivity index (χ0n) is 16.4. The van der Waals surface area contributed by atoms with Crippen molar-refractivity contribution in [3.8, 4) is 0 Å². The lowest BCUT2D eigenvalue weighted by atomic mass is 9.89. The maximum Gasteiger partial charge on any atom is 0.227 e. The molecule has 152 valence electrons. The highest BCUT2D eigenvalue weighted by Crippen LogP contribution is 2.33. The normalized spacial score (nSPS) is 19.9. The second-order valence-corrected chi connectivity index (χ2v) is 7.97. The molecule has 1 N–H and O–H groups in total. The number of nitrogens with one attached hydrogen (secondary N) is 1. The summed E-state index contributed by atoms with van der Waals surface area (Å²) < 4.78 is 1.80. The Morgan fingerprint density at radius 1 is 1.44 bits per heavy atom. The number of aromatic nitrogens is 3. The number of carbonyl (C=O) groups is 1. The SMILES string of the molecule is CCc1nc(C)c(C(C)N(C)C(=O)[C@H]2CNC[C@@H]2c2cnn(C)c2)s1.Cl.Cl. The lowest BCUT2D eigenvalue weighted by molar-refractivity contribution is -0.135. The second kappa shape index (κ2) is 9.87. The topological polar surface area (TPSA) is 63.1 Å². The molecule has 2 aromatic heterocycles. The van der Waals surface area contributed by atoms with Crippen molar-refractivity contribution in [1.82, 2.24) is 25.0 Å². The Kier molecular flexibility index (Phi) is 8.73. The van der Waals surface area contributed by atoms with Gasteiger partial charge in [-0.05, 0) is 25.8 Å². The summed E-state index contributed by atoms with van der Waals surface area (Å²) in [5.74, 6) is 0.331. The van der Waals surface area contributed by atoms with Crippen LogP contribution in [0.2, 0.25) is 0 Å². The summed E-state index contributed by atoms with van der Waals surface area (Å²) >= 11 is 1.72. The highest BCUT2D eigenvalue weighted by Gasteiger charge is 2.37. The lowest BCUT2D eigenvalue weighted by Crippen LogP contribution is -2.37. The van der Waals surface area contributed by atoms with Crippen molar-refractivity contribution in [2.24, 2.45) is 13.0 Å². The zero-order chi connectivity index (χ0) is 18.1. The van der Waals surface area contributed by atoms with Gasteiger partial charge in [-0.15, -0.1) is 36.2 Å². The summed E-state index contributed by atoms with van der Waals surface area (Å²) in [6.45, 7) is 7.79. The van der Waals surface area contributed by atoms with Gasteiger partial charge in [-0.25, -0.2) is 4.98 Å². The summed E-state index contributed by atoms with van der Waals surface area (Å²) in [4.78, 5) is 20.9.